The topological polar surface area (TPSA) is 240 Å². The van der Waals surface area contributed by atoms with Crippen LogP contribution in [0.5, 0.6) is 17.2 Å². The Labute approximate surface area is 475 Å². The lowest BCUT2D eigenvalue weighted by molar-refractivity contribution is -0.274. The van der Waals surface area contributed by atoms with Gasteiger partial charge in [-0.1, -0.05) is 84.9 Å². The third kappa shape index (κ3) is 16.2. The van der Waals surface area contributed by atoms with Crippen LogP contribution in [0.15, 0.2) is 200 Å². The molecule has 16 nitrogen and oxygen atoms in total. The van der Waals surface area contributed by atoms with Crippen LogP contribution in [0, 0.1) is 11.6 Å². The van der Waals surface area contributed by atoms with Gasteiger partial charge >= 0.3 is 24.3 Å². The van der Waals surface area contributed by atoms with E-state index in [1.54, 1.807) is 49.6 Å². The minimum absolute atomic E-state index is 0.0325. The highest BCUT2D eigenvalue weighted by molar-refractivity contribution is 6.12. The Morgan fingerprint density at radius 2 is 0.845 bits per heavy atom. The lowest BCUT2D eigenvalue weighted by atomic mass is 10.0. The zero-order valence-corrected chi connectivity index (χ0v) is 44.1. The van der Waals surface area contributed by atoms with Gasteiger partial charge in [-0.3, -0.25) is 19.4 Å². The summed E-state index contributed by atoms with van der Waals surface area (Å²) < 4.78 is 80.7. The number of nitrogens with one attached hydrogen (secondary N) is 3. The van der Waals surface area contributed by atoms with Crippen molar-refractivity contribution in [3.63, 3.8) is 0 Å². The maximum absolute atomic E-state index is 14.6. The van der Waals surface area contributed by atoms with Crippen molar-refractivity contribution in [3.8, 4) is 50.8 Å². The van der Waals surface area contributed by atoms with Crippen molar-refractivity contribution < 1.29 is 80.2 Å². The molecule has 0 spiro atoms. The van der Waals surface area contributed by atoms with Crippen molar-refractivity contribution in [2.24, 2.45) is 0 Å². The van der Waals surface area contributed by atoms with E-state index in [1.807, 2.05) is 49.4 Å². The smallest absolute Gasteiger partial charge is 0.497 e. The summed E-state index contributed by atoms with van der Waals surface area (Å²) in [5.74, 6) is -6.22. The molecule has 8 aromatic carbocycles. The molecule has 0 fully saturated rings. The number of carbonyl (C=O) groups is 6. The van der Waals surface area contributed by atoms with E-state index in [-0.39, 0.29) is 55.9 Å². The third-order valence-electron chi connectivity index (χ3n) is 11.9. The van der Waals surface area contributed by atoms with Gasteiger partial charge in [0.2, 0.25) is 0 Å². The first-order chi connectivity index (χ1) is 40.2. The first kappa shape index (κ1) is 60.4. The Kier molecular flexibility index (Phi) is 20.0. The van der Waals surface area contributed by atoms with Gasteiger partial charge in [-0.05, 0) is 138 Å². The van der Waals surface area contributed by atoms with Gasteiger partial charge in [0.05, 0.1) is 76.1 Å². The number of carboxylic acid groups (broad SMARTS) is 3. The fraction of sp³-hybridized carbons (Fsp3) is 0.0635. The summed E-state index contributed by atoms with van der Waals surface area (Å²) in [4.78, 5) is 75.2. The van der Waals surface area contributed by atoms with E-state index in [1.165, 1.54) is 97.2 Å². The molecule has 21 heteroatoms. The predicted octanol–water partition coefficient (Wildman–Crippen LogP) is 13.9. The van der Waals surface area contributed by atoms with Gasteiger partial charge < -0.3 is 45.5 Å². The number of rotatable bonds is 16. The lowest BCUT2D eigenvalue weighted by Crippen LogP contribution is -2.17. The zero-order valence-electron chi connectivity index (χ0n) is 44.1. The number of ether oxygens (including phenoxy) is 3. The quantitative estimate of drug-likeness (QED) is 0.0494. The van der Waals surface area contributed by atoms with Crippen molar-refractivity contribution >= 4 is 52.7 Å². The molecule has 0 atom stereocenters. The van der Waals surface area contributed by atoms with Gasteiger partial charge in [0.25, 0.3) is 17.7 Å². The third-order valence-corrected chi connectivity index (χ3v) is 11.9. The van der Waals surface area contributed by atoms with E-state index in [0.29, 0.717) is 23.6 Å². The largest absolute Gasteiger partial charge is 0.573 e. The second-order valence-corrected chi connectivity index (χ2v) is 17.5. The molecule has 9 rings (SSSR count). The standard InChI is InChI=1S/C22H18FNO4.C21H13F4NO4.C20H16N2O4/c1-2-28-16-7-5-6-14(12-16)15-10-11-20(19(23)13-15)24-21(25)17-8-3-4-9-18(17)22(26)27;22-17-11-13(12-4-3-5-14(10-12)30-21(23,24)25)8-9-18(17)26-19(27)15-6-1-2-7-16(15)20(28)29;1-26-15-6-4-5-13(11-15)18-10-9-14(12-21-18)22-19(23)16-7-2-3-8-17(16)20(24)25/h3-13H,2H2,1H3,(H,24,25)(H,26,27);1-11H,(H,26,27)(H,28,29);2-12H,1H3,(H,22,23)(H,24,25). The number of alkyl halides is 3. The van der Waals surface area contributed by atoms with Crippen LogP contribution in [0.1, 0.15) is 69.1 Å². The average Bonchev–Trinajstić information content (AvgIpc) is 3.69. The minimum atomic E-state index is -4.86. The van der Waals surface area contributed by atoms with Crippen LogP contribution in [0.25, 0.3) is 33.5 Å². The number of hydrogen-bond acceptors (Lipinski definition) is 10. The van der Waals surface area contributed by atoms with Crippen LogP contribution in [0.3, 0.4) is 0 Å². The molecule has 0 aliphatic carbocycles. The number of aromatic carboxylic acids is 3. The maximum Gasteiger partial charge on any atom is 0.573 e. The summed E-state index contributed by atoms with van der Waals surface area (Å²) in [7, 11) is 1.60. The summed E-state index contributed by atoms with van der Waals surface area (Å²) in [5.41, 5.74) is 3.24. The number of amides is 3. The van der Waals surface area contributed by atoms with Crippen molar-refractivity contribution in [1.29, 1.82) is 0 Å². The average molecular weight is 1150 g/mol. The molecule has 0 unspecified atom stereocenters. The number of hydrogen-bond donors (Lipinski definition) is 6. The fourth-order valence-corrected chi connectivity index (χ4v) is 8.00. The van der Waals surface area contributed by atoms with E-state index in [4.69, 9.17) is 14.6 Å². The molecular weight excluding hydrogens is 1100 g/mol. The number of halogens is 5. The molecule has 84 heavy (non-hydrogen) atoms. The highest BCUT2D eigenvalue weighted by atomic mass is 19.4. The Morgan fingerprint density at radius 3 is 1.25 bits per heavy atom. The summed E-state index contributed by atoms with van der Waals surface area (Å²) in [5, 5.41) is 34.9. The van der Waals surface area contributed by atoms with Gasteiger partial charge in [0, 0.05) is 5.56 Å². The fourth-order valence-electron chi connectivity index (χ4n) is 8.00. The van der Waals surface area contributed by atoms with Crippen LogP contribution in [0.2, 0.25) is 0 Å². The molecular formula is C63H47F5N4O12. The maximum atomic E-state index is 14.6. The number of nitrogens with zero attached hydrogens (tertiary/aromatic N) is 1. The highest BCUT2D eigenvalue weighted by Gasteiger charge is 2.31. The SMILES string of the molecule is CCOc1cccc(-c2ccc(NC(=O)c3ccccc3C(=O)O)c(F)c2)c1.COc1cccc(-c2ccc(NC(=O)c3ccccc3C(=O)O)cn2)c1.O=C(O)c1ccccc1C(=O)Nc1ccc(-c2cccc(OC(F)(F)F)c2)cc1F. The van der Waals surface area contributed by atoms with Crippen molar-refractivity contribution in [3.05, 3.63) is 245 Å². The molecule has 9 aromatic rings. The van der Waals surface area contributed by atoms with E-state index in [2.05, 4.69) is 25.7 Å². The molecule has 6 N–H and O–H groups in total. The Balaban J connectivity index is 0.000000181. The van der Waals surface area contributed by atoms with Crippen LogP contribution >= 0.6 is 0 Å². The van der Waals surface area contributed by atoms with E-state index < -0.39 is 59.4 Å². The highest BCUT2D eigenvalue weighted by Crippen LogP contribution is 2.32. The number of pyridine rings is 1. The van der Waals surface area contributed by atoms with Crippen LogP contribution in [0.4, 0.5) is 39.0 Å². The monoisotopic (exact) mass is 1150 g/mol. The Morgan fingerprint density at radius 1 is 0.452 bits per heavy atom. The molecule has 0 radical (unpaired) electrons. The van der Waals surface area contributed by atoms with Gasteiger partial charge in [0.1, 0.15) is 28.9 Å². The molecule has 0 aliphatic heterocycles. The van der Waals surface area contributed by atoms with Crippen molar-refractivity contribution in [1.82, 2.24) is 4.98 Å². The Hall–Kier alpha value is -11.2. The second-order valence-electron chi connectivity index (χ2n) is 17.5. The summed E-state index contributed by atoms with van der Waals surface area (Å²) in [6.45, 7) is 2.41. The lowest BCUT2D eigenvalue weighted by Gasteiger charge is -2.12. The first-order valence-electron chi connectivity index (χ1n) is 24.9. The molecule has 1 heterocycles. The van der Waals surface area contributed by atoms with E-state index in [0.717, 1.165) is 40.8 Å². The molecule has 0 saturated heterocycles. The summed E-state index contributed by atoms with van der Waals surface area (Å²) in [6.07, 6.45) is -3.33. The van der Waals surface area contributed by atoms with E-state index in [9.17, 15) is 60.9 Å². The van der Waals surface area contributed by atoms with Crippen molar-refractivity contribution in [2.75, 3.05) is 29.7 Å². The number of aromatic nitrogens is 1. The van der Waals surface area contributed by atoms with E-state index >= 15 is 0 Å². The number of benzene rings is 8. The van der Waals surface area contributed by atoms with Crippen molar-refractivity contribution in [2.45, 2.75) is 13.3 Å². The number of anilines is 3. The molecule has 426 valence electrons. The number of carboxylic acids is 3. The molecule has 3 amide bonds. The van der Waals surface area contributed by atoms with Crippen LogP contribution in [-0.4, -0.2) is 76.0 Å². The van der Waals surface area contributed by atoms with Gasteiger partial charge in [-0.15, -0.1) is 13.2 Å². The second kappa shape index (κ2) is 27.8. The normalized spacial score (nSPS) is 10.6. The van der Waals surface area contributed by atoms with Gasteiger partial charge in [0.15, 0.2) is 0 Å². The number of methoxy groups -OCH3 is 1. The molecule has 1 aromatic heterocycles. The first-order valence-corrected chi connectivity index (χ1v) is 24.9. The molecule has 0 saturated carbocycles. The Bertz CT molecular complexity index is 3900. The van der Waals surface area contributed by atoms with Gasteiger partial charge in [-0.25, -0.2) is 23.2 Å². The summed E-state index contributed by atoms with van der Waals surface area (Å²) in [6, 6.07) is 48.6. The minimum Gasteiger partial charge on any atom is -0.497 e. The molecule has 0 bridgehead atoms. The van der Waals surface area contributed by atoms with Crippen LogP contribution < -0.4 is 30.2 Å². The predicted molar refractivity (Wildman–Crippen MR) is 302 cm³/mol. The zero-order chi connectivity index (χ0) is 60.5. The molecule has 0 aliphatic rings. The van der Waals surface area contributed by atoms with Gasteiger partial charge in [-0.2, -0.15) is 0 Å². The summed E-state index contributed by atoms with van der Waals surface area (Å²) >= 11 is 0. The number of carbonyl (C=O) groups excluding carboxylic acids is 3. The van der Waals surface area contributed by atoms with Crippen LogP contribution in [-0.2, 0) is 0 Å².